The third kappa shape index (κ3) is 2.79. The van der Waals surface area contributed by atoms with Crippen LogP contribution in [0.1, 0.15) is 74.4 Å². The summed E-state index contributed by atoms with van der Waals surface area (Å²) in [6.07, 6.45) is 3.70. The van der Waals surface area contributed by atoms with Gasteiger partial charge in [0, 0.05) is 31.2 Å². The minimum Gasteiger partial charge on any atom is -0.504 e. The van der Waals surface area contributed by atoms with Crippen molar-refractivity contribution < 1.29 is 14.7 Å². The molecular weight excluding hydrogens is 320 g/mol. The van der Waals surface area contributed by atoms with Crippen LogP contribution in [-0.4, -0.2) is 60.7 Å². The minimum atomic E-state index is -0.310. The minimum absolute atomic E-state index is 0.0298. The Bertz CT molecular complexity index is 720. The molecule has 1 aromatic heterocycles. The van der Waals surface area contributed by atoms with Crippen LogP contribution in [0.5, 0.6) is 5.75 Å². The van der Waals surface area contributed by atoms with Crippen molar-refractivity contribution >= 4 is 11.8 Å². The number of aromatic nitrogens is 2. The fourth-order valence-corrected chi connectivity index (χ4v) is 4.12. The van der Waals surface area contributed by atoms with E-state index in [4.69, 9.17) is 0 Å². The van der Waals surface area contributed by atoms with Gasteiger partial charge in [0.25, 0.3) is 11.8 Å². The van der Waals surface area contributed by atoms with Crippen LogP contribution in [0.4, 0.5) is 0 Å². The molecule has 25 heavy (non-hydrogen) atoms. The Morgan fingerprint density at radius 2 is 1.44 bits per heavy atom. The average molecular weight is 348 g/mol. The lowest BCUT2D eigenvalue weighted by atomic mass is 10.0. The number of amides is 2. The fourth-order valence-electron chi connectivity index (χ4n) is 4.12. The van der Waals surface area contributed by atoms with Gasteiger partial charge in [-0.2, -0.15) is 5.10 Å². The number of carbonyl (C=O) groups is 2. The summed E-state index contributed by atoms with van der Waals surface area (Å²) >= 11 is 0. The number of hydrogen-bond donors (Lipinski definition) is 1. The maximum absolute atomic E-state index is 13.0. The van der Waals surface area contributed by atoms with Crippen molar-refractivity contribution in [3.63, 3.8) is 0 Å². The monoisotopic (exact) mass is 348 g/mol. The van der Waals surface area contributed by atoms with Gasteiger partial charge in [0.05, 0.1) is 0 Å². The number of nitrogens with zero attached hydrogens (tertiary/aromatic N) is 4. The van der Waals surface area contributed by atoms with E-state index in [1.165, 1.54) is 4.68 Å². The largest absolute Gasteiger partial charge is 0.504 e. The first-order valence-electron chi connectivity index (χ1n) is 8.96. The molecule has 0 saturated carbocycles. The molecule has 0 bridgehead atoms. The first-order valence-corrected chi connectivity index (χ1v) is 8.96. The summed E-state index contributed by atoms with van der Waals surface area (Å²) in [6.45, 7) is 9.35. The summed E-state index contributed by atoms with van der Waals surface area (Å²) in [5.41, 5.74) is -0.454. The maximum atomic E-state index is 13.0. The highest BCUT2D eigenvalue weighted by atomic mass is 16.3. The Morgan fingerprint density at radius 3 is 1.88 bits per heavy atom. The molecule has 2 aliphatic rings. The lowest BCUT2D eigenvalue weighted by Gasteiger charge is -2.31. The van der Waals surface area contributed by atoms with Crippen LogP contribution in [0.15, 0.2) is 0 Å². The molecule has 7 heteroatoms. The van der Waals surface area contributed by atoms with Crippen LogP contribution < -0.4 is 0 Å². The maximum Gasteiger partial charge on any atom is 0.278 e. The quantitative estimate of drug-likeness (QED) is 0.888. The molecule has 2 aliphatic heterocycles. The van der Waals surface area contributed by atoms with Gasteiger partial charge in [-0.1, -0.05) is 0 Å². The summed E-state index contributed by atoms with van der Waals surface area (Å²) < 4.78 is 1.34. The second kappa shape index (κ2) is 5.75. The molecule has 3 rings (SSSR count). The zero-order chi connectivity index (χ0) is 18.6. The van der Waals surface area contributed by atoms with Crippen LogP contribution >= 0.6 is 0 Å². The first kappa shape index (κ1) is 17.8. The van der Waals surface area contributed by atoms with E-state index in [1.807, 2.05) is 27.7 Å². The molecule has 3 heterocycles. The number of carbonyl (C=O) groups excluding carboxylic acids is 2. The molecular formula is C18H28N4O3. The first-order chi connectivity index (χ1) is 11.6. The molecule has 2 amide bonds. The summed E-state index contributed by atoms with van der Waals surface area (Å²) in [5, 5.41) is 14.8. The highest BCUT2D eigenvalue weighted by molar-refractivity contribution is 6.02. The zero-order valence-corrected chi connectivity index (χ0v) is 15.8. The summed E-state index contributed by atoms with van der Waals surface area (Å²) in [6, 6.07) is 0. The third-order valence-electron chi connectivity index (χ3n) is 5.72. The van der Waals surface area contributed by atoms with E-state index in [0.717, 1.165) is 25.7 Å². The summed E-state index contributed by atoms with van der Waals surface area (Å²) in [4.78, 5) is 29.4. The lowest BCUT2D eigenvalue weighted by molar-refractivity contribution is 0.0634. The van der Waals surface area contributed by atoms with Crippen molar-refractivity contribution in [2.45, 2.75) is 64.5 Å². The van der Waals surface area contributed by atoms with Crippen molar-refractivity contribution in [2.75, 3.05) is 13.1 Å². The van der Waals surface area contributed by atoms with Gasteiger partial charge < -0.3 is 14.9 Å². The van der Waals surface area contributed by atoms with Gasteiger partial charge >= 0.3 is 0 Å². The Balaban J connectivity index is 1.94. The Kier molecular flexibility index (Phi) is 4.08. The zero-order valence-electron chi connectivity index (χ0n) is 15.8. The summed E-state index contributed by atoms with van der Waals surface area (Å²) in [7, 11) is 1.60. The van der Waals surface area contributed by atoms with Gasteiger partial charge in [-0.3, -0.25) is 14.3 Å². The molecule has 0 aliphatic carbocycles. The molecule has 1 N–H and O–H groups in total. The second-order valence-electron chi connectivity index (χ2n) is 8.41. The topological polar surface area (TPSA) is 78.7 Å². The molecule has 0 radical (unpaired) electrons. The van der Waals surface area contributed by atoms with Crippen LogP contribution in [0, 0.1) is 0 Å². The third-order valence-corrected chi connectivity index (χ3v) is 5.72. The van der Waals surface area contributed by atoms with Gasteiger partial charge in [-0.05, 0) is 53.4 Å². The molecule has 0 atom stereocenters. The number of likely N-dealkylation sites (tertiary alicyclic amines) is 2. The highest BCUT2D eigenvalue weighted by Gasteiger charge is 2.41. The standard InChI is InChI=1S/C18H28N4O3/c1-17(2)8-6-10-21(17)15(24)12-14(23)13(20(5)19-12)16(25)22-11-7-9-18(22,3)4/h23H,6-11H2,1-5H3. The SMILES string of the molecule is Cn1nc(C(=O)N2CCCC2(C)C)c(O)c1C(=O)N1CCCC1(C)C. The number of aromatic hydroxyl groups is 1. The predicted molar refractivity (Wildman–Crippen MR) is 93.6 cm³/mol. The van der Waals surface area contributed by atoms with Gasteiger partial charge in [-0.25, -0.2) is 0 Å². The predicted octanol–water partition coefficient (Wildman–Crippen LogP) is 2.15. The van der Waals surface area contributed by atoms with Crippen molar-refractivity contribution in [3.05, 3.63) is 11.4 Å². The lowest BCUT2D eigenvalue weighted by Crippen LogP contribution is -2.43. The van der Waals surface area contributed by atoms with Crippen molar-refractivity contribution in [2.24, 2.45) is 7.05 Å². The van der Waals surface area contributed by atoms with E-state index in [2.05, 4.69) is 5.10 Å². The molecule has 7 nitrogen and oxygen atoms in total. The second-order valence-corrected chi connectivity index (χ2v) is 8.41. The molecule has 2 fully saturated rings. The van der Waals surface area contributed by atoms with E-state index in [1.54, 1.807) is 16.8 Å². The van der Waals surface area contributed by atoms with E-state index in [-0.39, 0.29) is 40.0 Å². The Labute approximate surface area is 148 Å². The van der Waals surface area contributed by atoms with Crippen molar-refractivity contribution in [1.29, 1.82) is 0 Å². The van der Waals surface area contributed by atoms with Gasteiger partial charge in [0.1, 0.15) is 0 Å². The molecule has 0 aromatic carbocycles. The normalized spacial score (nSPS) is 21.8. The van der Waals surface area contributed by atoms with Crippen molar-refractivity contribution in [1.82, 2.24) is 19.6 Å². The van der Waals surface area contributed by atoms with Gasteiger partial charge in [-0.15, -0.1) is 0 Å². The van der Waals surface area contributed by atoms with Crippen LogP contribution in [0.3, 0.4) is 0 Å². The molecule has 138 valence electrons. The number of rotatable bonds is 2. The van der Waals surface area contributed by atoms with E-state index < -0.39 is 0 Å². The molecule has 1 aromatic rings. The van der Waals surface area contributed by atoms with Gasteiger partial charge in [0.2, 0.25) is 0 Å². The van der Waals surface area contributed by atoms with Crippen molar-refractivity contribution in [3.8, 4) is 5.75 Å². The molecule has 0 spiro atoms. The number of hydrogen-bond acceptors (Lipinski definition) is 4. The number of aryl methyl sites for hydroxylation is 1. The highest BCUT2D eigenvalue weighted by Crippen LogP contribution is 2.35. The van der Waals surface area contributed by atoms with Crippen LogP contribution in [-0.2, 0) is 7.05 Å². The molecule has 0 unspecified atom stereocenters. The Morgan fingerprint density at radius 1 is 0.960 bits per heavy atom. The Hall–Kier alpha value is -2.05. The van der Waals surface area contributed by atoms with Crippen LogP contribution in [0.2, 0.25) is 0 Å². The molecule has 2 saturated heterocycles. The smallest absolute Gasteiger partial charge is 0.278 e. The van der Waals surface area contributed by atoms with E-state index in [0.29, 0.717) is 13.1 Å². The summed E-state index contributed by atoms with van der Waals surface area (Å²) in [5.74, 6) is -0.882. The van der Waals surface area contributed by atoms with Crippen LogP contribution in [0.25, 0.3) is 0 Å². The van der Waals surface area contributed by atoms with Gasteiger partial charge in [0.15, 0.2) is 17.1 Å². The average Bonchev–Trinajstić information content (AvgIpc) is 3.13. The fraction of sp³-hybridized carbons (Fsp3) is 0.722. The van der Waals surface area contributed by atoms with E-state index in [9.17, 15) is 14.7 Å². The van der Waals surface area contributed by atoms with E-state index >= 15 is 0 Å².